The van der Waals surface area contributed by atoms with Gasteiger partial charge in [-0.1, -0.05) is 0 Å². The number of ether oxygens (including phenoxy) is 1. The molecule has 26 heavy (non-hydrogen) atoms. The highest BCUT2D eigenvalue weighted by Gasteiger charge is 2.73. The molecular formula is C10H12F2N5O7PS. The lowest BCUT2D eigenvalue weighted by atomic mass is 10.1. The minimum absolute atomic E-state index is 0.328. The van der Waals surface area contributed by atoms with Crippen molar-refractivity contribution < 1.29 is 38.0 Å². The molecule has 12 nitrogen and oxygen atoms in total. The average molecular weight is 415 g/mol. The van der Waals surface area contributed by atoms with Crippen LogP contribution in [0.4, 0.5) is 14.7 Å². The lowest BCUT2D eigenvalue weighted by Gasteiger charge is -2.32. The third-order valence-corrected chi connectivity index (χ3v) is 4.36. The maximum atomic E-state index is 15.0. The molecule has 0 aliphatic carbocycles. The first kappa shape index (κ1) is 19.2. The summed E-state index contributed by atoms with van der Waals surface area (Å²) in [5, 5.41) is 19.3. The number of nitrogen functional groups attached to an aromatic ring is 1. The molecule has 0 aromatic carbocycles. The number of aromatic amines is 1. The quantitative estimate of drug-likeness (QED) is 0.307. The van der Waals surface area contributed by atoms with Gasteiger partial charge in [-0.3, -0.25) is 18.9 Å². The number of aromatic nitrogens is 4. The number of nitrogens with zero attached hydrogens (tertiary/aromatic N) is 3. The Morgan fingerprint density at radius 3 is 2.77 bits per heavy atom. The van der Waals surface area contributed by atoms with E-state index in [0.29, 0.717) is 4.57 Å². The average Bonchev–Trinajstić information content (AvgIpc) is 2.96. The van der Waals surface area contributed by atoms with Gasteiger partial charge in [0.25, 0.3) is 5.56 Å². The van der Waals surface area contributed by atoms with Gasteiger partial charge in [0.15, 0.2) is 11.2 Å². The third-order valence-electron chi connectivity index (χ3n) is 3.63. The lowest BCUT2D eigenvalue weighted by Crippen LogP contribution is -2.54. The number of hydrogen-bond donors (Lipinski definition) is 6. The van der Waals surface area contributed by atoms with E-state index in [2.05, 4.69) is 31.3 Å². The summed E-state index contributed by atoms with van der Waals surface area (Å²) in [7, 11) is 0. The first-order valence-corrected chi connectivity index (χ1v) is 9.38. The number of rotatable bonds is 4. The number of anilines is 1. The molecule has 2 aromatic rings. The van der Waals surface area contributed by atoms with Crippen molar-refractivity contribution in [1.29, 1.82) is 0 Å². The van der Waals surface area contributed by atoms with Crippen molar-refractivity contribution in [2.45, 2.75) is 24.0 Å². The molecule has 144 valence electrons. The molecule has 4 atom stereocenters. The molecule has 1 aliphatic heterocycles. The fraction of sp³-hybridized carbons (Fsp3) is 0.500. The van der Waals surface area contributed by atoms with Crippen LogP contribution in [0, 0.1) is 0 Å². The van der Waals surface area contributed by atoms with Crippen molar-refractivity contribution in [3.8, 4) is 0 Å². The van der Waals surface area contributed by atoms with Crippen LogP contribution in [-0.4, -0.2) is 63.9 Å². The van der Waals surface area contributed by atoms with Gasteiger partial charge in [-0.15, -0.1) is 0 Å². The van der Waals surface area contributed by atoms with E-state index in [1.807, 2.05) is 0 Å². The third kappa shape index (κ3) is 2.82. The molecule has 2 aromatic heterocycles. The zero-order chi connectivity index (χ0) is 19.5. The highest BCUT2D eigenvalue weighted by Crippen LogP contribution is 2.56. The summed E-state index contributed by atoms with van der Waals surface area (Å²) in [6.07, 6.45) is -3.69. The fourth-order valence-corrected chi connectivity index (χ4v) is 3.47. The Hall–Kier alpha value is -1.58. The van der Waals surface area contributed by atoms with Gasteiger partial charge in [0.2, 0.25) is 12.2 Å². The zero-order valence-electron chi connectivity index (χ0n) is 12.5. The van der Waals surface area contributed by atoms with Crippen LogP contribution in [0.25, 0.3) is 11.2 Å². The second-order valence-corrected chi connectivity index (χ2v) is 7.93. The number of alkyl halides is 2. The van der Waals surface area contributed by atoms with E-state index in [1.54, 1.807) is 0 Å². The Morgan fingerprint density at radius 1 is 1.54 bits per heavy atom. The Morgan fingerprint density at radius 2 is 2.19 bits per heavy atom. The van der Waals surface area contributed by atoms with Gasteiger partial charge in [0, 0.05) is 0 Å². The maximum Gasteiger partial charge on any atom is 0.324 e. The van der Waals surface area contributed by atoms with E-state index in [1.165, 1.54) is 0 Å². The minimum Gasteiger partial charge on any atom is -0.393 e. The predicted octanol–water partition coefficient (Wildman–Crippen LogP) is -1.86. The lowest BCUT2D eigenvalue weighted by molar-refractivity contribution is -0.277. The molecular weight excluding hydrogens is 403 g/mol. The largest absolute Gasteiger partial charge is 0.393 e. The molecule has 0 unspecified atom stereocenters. The second-order valence-electron chi connectivity index (χ2n) is 5.34. The van der Waals surface area contributed by atoms with Gasteiger partial charge in [-0.2, -0.15) is 4.98 Å². The number of hydrogen-bond acceptors (Lipinski definition) is 9. The van der Waals surface area contributed by atoms with Crippen molar-refractivity contribution in [2.24, 2.45) is 0 Å². The number of aliphatic hydroxyl groups excluding tert-OH is 1. The smallest absolute Gasteiger partial charge is 0.324 e. The molecule has 0 bridgehead atoms. The Labute approximate surface area is 147 Å². The van der Waals surface area contributed by atoms with Crippen molar-refractivity contribution in [1.82, 2.24) is 19.5 Å². The van der Waals surface area contributed by atoms with Crippen LogP contribution in [0.3, 0.4) is 0 Å². The maximum absolute atomic E-state index is 15.0. The summed E-state index contributed by atoms with van der Waals surface area (Å²) in [6.45, 7) is -6.05. The van der Waals surface area contributed by atoms with Crippen molar-refractivity contribution in [3.05, 3.63) is 16.7 Å². The van der Waals surface area contributed by atoms with Crippen molar-refractivity contribution >= 4 is 35.6 Å². The molecule has 0 radical (unpaired) electrons. The van der Waals surface area contributed by atoms with E-state index < -0.39 is 42.9 Å². The number of nitrogens with one attached hydrogen (secondary N) is 1. The van der Waals surface area contributed by atoms with Crippen LogP contribution in [-0.2, 0) is 21.1 Å². The first-order valence-electron chi connectivity index (χ1n) is 6.76. The van der Waals surface area contributed by atoms with Crippen LogP contribution in [0.1, 0.15) is 6.23 Å². The molecule has 0 saturated carbocycles. The van der Waals surface area contributed by atoms with E-state index >= 15 is 4.39 Å². The van der Waals surface area contributed by atoms with E-state index in [-0.39, 0.29) is 17.1 Å². The molecule has 3 heterocycles. The number of nitrogens with two attached hydrogens (primary N) is 1. The van der Waals surface area contributed by atoms with Gasteiger partial charge < -0.3 is 30.5 Å². The van der Waals surface area contributed by atoms with E-state index in [9.17, 15) is 19.4 Å². The van der Waals surface area contributed by atoms with Crippen LogP contribution < -0.4 is 11.3 Å². The van der Waals surface area contributed by atoms with E-state index in [4.69, 9.17) is 20.3 Å². The van der Waals surface area contributed by atoms with Gasteiger partial charge in [-0.05, 0) is 11.8 Å². The monoisotopic (exact) mass is 415 g/mol. The van der Waals surface area contributed by atoms with E-state index in [0.717, 1.165) is 6.33 Å². The molecule has 16 heteroatoms. The molecule has 1 fully saturated rings. The summed E-state index contributed by atoms with van der Waals surface area (Å²) in [6, 6.07) is 0. The van der Waals surface area contributed by atoms with Gasteiger partial charge in [0.1, 0.15) is 6.10 Å². The standard InChI is InChI=1S/C10H12F2N5O7PS/c11-9(20)7(23-3(1-18)10(9,12)24-25(21,22)26)17-2-14-4-5(17)15-8(13)16-6(4)19/h2-3,7,18,20H,1H2,(H2,21,22,26)(H3,13,15,16,19)/t3-,7-,9+,10-/m1/s1. The summed E-state index contributed by atoms with van der Waals surface area (Å²) >= 11 is 4.10. The molecule has 0 amide bonds. The summed E-state index contributed by atoms with van der Waals surface area (Å²) in [5.74, 6) is -8.43. The van der Waals surface area contributed by atoms with Gasteiger partial charge in [0.05, 0.1) is 12.9 Å². The van der Waals surface area contributed by atoms with Crippen LogP contribution >= 0.6 is 6.72 Å². The van der Waals surface area contributed by atoms with Gasteiger partial charge >= 0.3 is 18.4 Å². The highest BCUT2D eigenvalue weighted by atomic mass is 32.5. The molecule has 1 saturated heterocycles. The molecule has 0 spiro atoms. The van der Waals surface area contributed by atoms with Crippen LogP contribution in [0.15, 0.2) is 11.1 Å². The Bertz CT molecular complexity index is 963. The number of H-pyrrole nitrogens is 1. The van der Waals surface area contributed by atoms with Gasteiger partial charge in [-0.25, -0.2) is 13.8 Å². The van der Waals surface area contributed by atoms with Crippen molar-refractivity contribution in [3.63, 3.8) is 0 Å². The number of halogens is 2. The van der Waals surface area contributed by atoms with Crippen LogP contribution in [0.5, 0.6) is 0 Å². The summed E-state index contributed by atoms with van der Waals surface area (Å²) < 4.78 is 39.6. The number of aliphatic hydroxyl groups is 2. The molecule has 7 N–H and O–H groups in total. The zero-order valence-corrected chi connectivity index (χ0v) is 14.2. The number of imidazole rings is 1. The SMILES string of the molecule is Nc1nc2c(ncn2[C@@H]2O[C@H](CO)[C@@](F)(OP(O)(O)=S)[C@]2(O)F)c(=O)[nH]1. The predicted molar refractivity (Wildman–Crippen MR) is 83.3 cm³/mol. The summed E-state index contributed by atoms with van der Waals surface area (Å²) in [5.41, 5.74) is 3.89. The molecule has 3 rings (SSSR count). The Kier molecular flexibility index (Phi) is 4.40. The highest BCUT2D eigenvalue weighted by molar-refractivity contribution is 8.06. The van der Waals surface area contributed by atoms with Crippen LogP contribution in [0.2, 0.25) is 0 Å². The Balaban J connectivity index is 2.15. The normalized spacial score (nSPS) is 32.4. The molecule has 1 aliphatic rings. The second kappa shape index (κ2) is 5.97. The first-order chi connectivity index (χ1) is 11.9. The number of fused-ring (bicyclic) bond motifs is 1. The topological polar surface area (TPSA) is 189 Å². The van der Waals surface area contributed by atoms with Crippen molar-refractivity contribution in [2.75, 3.05) is 12.3 Å². The fourth-order valence-electron chi connectivity index (χ4n) is 2.55. The minimum atomic E-state index is -4.83. The summed E-state index contributed by atoms with van der Waals surface area (Å²) in [4.78, 5) is 39.6.